The Morgan fingerprint density at radius 1 is 1.38 bits per heavy atom. The van der Waals surface area contributed by atoms with Crippen molar-refractivity contribution in [2.45, 2.75) is 71.4 Å². The maximum absolute atomic E-state index is 11.8. The van der Waals surface area contributed by atoms with Crippen LogP contribution in [0.25, 0.3) is 0 Å². The van der Waals surface area contributed by atoms with Crippen molar-refractivity contribution in [2.24, 2.45) is 0 Å². The molecule has 0 radical (unpaired) electrons. The summed E-state index contributed by atoms with van der Waals surface area (Å²) in [5.74, 6) is 0.531. The van der Waals surface area contributed by atoms with Crippen LogP contribution in [0.1, 0.15) is 71.4 Å². The monoisotopic (exact) mass is 333 g/mol. The number of ether oxygens (including phenoxy) is 1. The lowest BCUT2D eigenvalue weighted by Crippen LogP contribution is -2.34. The molecule has 0 bridgehead atoms. The van der Waals surface area contributed by atoms with Crippen molar-refractivity contribution in [1.82, 2.24) is 9.88 Å². The Morgan fingerprint density at radius 2 is 2.17 bits per heavy atom. The predicted molar refractivity (Wildman–Crippen MR) is 97.2 cm³/mol. The number of nitrogens with one attached hydrogen (secondary N) is 1. The number of pyridine rings is 1. The third-order valence-electron chi connectivity index (χ3n) is 4.21. The highest BCUT2D eigenvalue weighted by molar-refractivity contribution is 5.83. The molecule has 1 aromatic rings. The SMILES string of the molecule is CCCCN1CCCC[C@@H]1c1ccc(NC(=O)OC(C)(C)C)nc1. The van der Waals surface area contributed by atoms with E-state index < -0.39 is 11.7 Å². The lowest BCUT2D eigenvalue weighted by Gasteiger charge is -2.36. The average Bonchev–Trinajstić information content (AvgIpc) is 2.52. The second kappa shape index (κ2) is 8.47. The molecule has 24 heavy (non-hydrogen) atoms. The zero-order valence-corrected chi connectivity index (χ0v) is 15.5. The largest absolute Gasteiger partial charge is 0.444 e. The van der Waals surface area contributed by atoms with Gasteiger partial charge in [-0.15, -0.1) is 0 Å². The predicted octanol–water partition coefficient (Wildman–Crippen LogP) is 4.76. The average molecular weight is 333 g/mol. The van der Waals surface area contributed by atoms with Gasteiger partial charge in [0.2, 0.25) is 0 Å². The van der Waals surface area contributed by atoms with Gasteiger partial charge in [-0.3, -0.25) is 10.2 Å². The van der Waals surface area contributed by atoms with E-state index in [9.17, 15) is 4.79 Å². The fourth-order valence-electron chi connectivity index (χ4n) is 3.08. The van der Waals surface area contributed by atoms with E-state index in [0.29, 0.717) is 11.9 Å². The molecule has 1 amide bonds. The minimum absolute atomic E-state index is 0.452. The third kappa shape index (κ3) is 5.78. The molecule has 1 aromatic heterocycles. The number of piperidine rings is 1. The van der Waals surface area contributed by atoms with Crippen LogP contribution in [0.4, 0.5) is 10.6 Å². The second-order valence-corrected chi connectivity index (χ2v) is 7.50. The highest BCUT2D eigenvalue weighted by Crippen LogP contribution is 2.31. The summed E-state index contributed by atoms with van der Waals surface area (Å²) in [6.07, 6.45) is 7.62. The number of rotatable bonds is 5. The molecule has 2 heterocycles. The molecule has 134 valence electrons. The van der Waals surface area contributed by atoms with Crippen LogP contribution < -0.4 is 5.32 Å². The van der Waals surface area contributed by atoms with E-state index >= 15 is 0 Å². The van der Waals surface area contributed by atoms with Gasteiger partial charge in [-0.1, -0.05) is 25.8 Å². The van der Waals surface area contributed by atoms with Crippen LogP contribution in [0.15, 0.2) is 18.3 Å². The van der Waals surface area contributed by atoms with Crippen LogP contribution in [0.3, 0.4) is 0 Å². The lowest BCUT2D eigenvalue weighted by molar-refractivity contribution is 0.0635. The Morgan fingerprint density at radius 3 is 2.79 bits per heavy atom. The van der Waals surface area contributed by atoms with Crippen molar-refractivity contribution in [3.05, 3.63) is 23.9 Å². The topological polar surface area (TPSA) is 54.5 Å². The van der Waals surface area contributed by atoms with Crippen LogP contribution in [0, 0.1) is 0 Å². The van der Waals surface area contributed by atoms with E-state index in [1.165, 1.54) is 44.2 Å². The molecule has 0 spiro atoms. The van der Waals surface area contributed by atoms with Gasteiger partial charge in [0.1, 0.15) is 11.4 Å². The maximum atomic E-state index is 11.8. The first-order valence-corrected chi connectivity index (χ1v) is 9.09. The number of nitrogens with zero attached hydrogens (tertiary/aromatic N) is 2. The van der Waals surface area contributed by atoms with Crippen molar-refractivity contribution in [1.29, 1.82) is 0 Å². The summed E-state index contributed by atoms with van der Waals surface area (Å²) in [6.45, 7) is 10.1. The van der Waals surface area contributed by atoms with Crippen molar-refractivity contribution in [3.63, 3.8) is 0 Å². The molecule has 5 nitrogen and oxygen atoms in total. The molecule has 0 unspecified atom stereocenters. The molecule has 1 saturated heterocycles. The summed E-state index contributed by atoms with van der Waals surface area (Å²) < 4.78 is 5.25. The quantitative estimate of drug-likeness (QED) is 0.844. The fraction of sp³-hybridized carbons (Fsp3) is 0.684. The number of amides is 1. The molecule has 1 aliphatic heterocycles. The Kier molecular flexibility index (Phi) is 6.60. The van der Waals surface area contributed by atoms with Gasteiger partial charge in [0.05, 0.1) is 0 Å². The van der Waals surface area contributed by atoms with Crippen LogP contribution >= 0.6 is 0 Å². The van der Waals surface area contributed by atoms with Crippen molar-refractivity contribution < 1.29 is 9.53 Å². The number of likely N-dealkylation sites (tertiary alicyclic amines) is 1. The standard InChI is InChI=1S/C19H31N3O2/c1-5-6-12-22-13-8-7-9-16(22)15-10-11-17(20-14-15)21-18(23)24-19(2,3)4/h10-11,14,16H,5-9,12-13H2,1-4H3,(H,20,21,23)/t16-/m1/s1. The number of hydrogen-bond acceptors (Lipinski definition) is 4. The molecule has 2 rings (SSSR count). The summed E-state index contributed by atoms with van der Waals surface area (Å²) in [5, 5.41) is 2.69. The first kappa shape index (κ1) is 18.7. The molecule has 5 heteroatoms. The summed E-state index contributed by atoms with van der Waals surface area (Å²) in [4.78, 5) is 18.8. The van der Waals surface area contributed by atoms with Crippen LogP contribution in [-0.4, -0.2) is 34.7 Å². The van der Waals surface area contributed by atoms with Gasteiger partial charge in [0, 0.05) is 12.2 Å². The number of carbonyl (C=O) groups is 1. The summed E-state index contributed by atoms with van der Waals surface area (Å²) in [5.41, 5.74) is 0.729. The van der Waals surface area contributed by atoms with Crippen LogP contribution in [0.5, 0.6) is 0 Å². The minimum atomic E-state index is -0.508. The van der Waals surface area contributed by atoms with Crippen molar-refractivity contribution in [2.75, 3.05) is 18.4 Å². The summed E-state index contributed by atoms with van der Waals surface area (Å²) in [7, 11) is 0. The zero-order chi connectivity index (χ0) is 17.6. The molecule has 1 N–H and O–H groups in total. The van der Waals surface area contributed by atoms with Gasteiger partial charge >= 0.3 is 6.09 Å². The zero-order valence-electron chi connectivity index (χ0n) is 15.5. The molecular formula is C19H31N3O2. The van der Waals surface area contributed by atoms with Crippen LogP contribution in [-0.2, 0) is 4.74 Å². The van der Waals surface area contributed by atoms with Crippen molar-refractivity contribution >= 4 is 11.9 Å². The van der Waals surface area contributed by atoms with E-state index in [0.717, 1.165) is 6.54 Å². The summed E-state index contributed by atoms with van der Waals surface area (Å²) >= 11 is 0. The number of anilines is 1. The highest BCUT2D eigenvalue weighted by atomic mass is 16.6. The van der Waals surface area contributed by atoms with Gasteiger partial charge in [-0.25, -0.2) is 9.78 Å². The maximum Gasteiger partial charge on any atom is 0.413 e. The first-order valence-electron chi connectivity index (χ1n) is 9.09. The molecule has 0 aliphatic carbocycles. The lowest BCUT2D eigenvalue weighted by atomic mass is 9.96. The molecule has 0 aromatic carbocycles. The van der Waals surface area contributed by atoms with E-state index in [1.54, 1.807) is 0 Å². The van der Waals surface area contributed by atoms with Gasteiger partial charge < -0.3 is 4.74 Å². The molecule has 1 atom stereocenters. The molecule has 0 saturated carbocycles. The Balaban J connectivity index is 1.98. The minimum Gasteiger partial charge on any atom is -0.444 e. The number of carbonyl (C=O) groups excluding carboxylic acids is 1. The van der Waals surface area contributed by atoms with Crippen molar-refractivity contribution in [3.8, 4) is 0 Å². The van der Waals surface area contributed by atoms with Gasteiger partial charge in [0.25, 0.3) is 0 Å². The van der Waals surface area contributed by atoms with Gasteiger partial charge in [-0.05, 0) is 64.8 Å². The summed E-state index contributed by atoms with van der Waals surface area (Å²) in [6, 6.07) is 4.40. The Hall–Kier alpha value is -1.62. The molecule has 1 fully saturated rings. The Labute approximate surface area is 145 Å². The molecular weight excluding hydrogens is 302 g/mol. The Bertz CT molecular complexity index is 522. The molecule has 1 aliphatic rings. The number of aromatic nitrogens is 1. The van der Waals surface area contributed by atoms with E-state index in [4.69, 9.17) is 4.74 Å². The van der Waals surface area contributed by atoms with Gasteiger partial charge in [-0.2, -0.15) is 0 Å². The normalized spacial score (nSPS) is 19.1. The van der Waals surface area contributed by atoms with E-state index in [2.05, 4.69) is 28.2 Å². The number of unbranched alkanes of at least 4 members (excludes halogenated alkanes) is 1. The smallest absolute Gasteiger partial charge is 0.413 e. The second-order valence-electron chi connectivity index (χ2n) is 7.50. The highest BCUT2D eigenvalue weighted by Gasteiger charge is 2.23. The first-order chi connectivity index (χ1) is 11.4. The van der Waals surface area contributed by atoms with E-state index in [1.807, 2.05) is 33.0 Å². The van der Waals surface area contributed by atoms with E-state index in [-0.39, 0.29) is 0 Å². The fourth-order valence-corrected chi connectivity index (χ4v) is 3.08. The number of hydrogen-bond donors (Lipinski definition) is 1. The van der Waals surface area contributed by atoms with Crippen LogP contribution in [0.2, 0.25) is 0 Å². The van der Waals surface area contributed by atoms with Gasteiger partial charge in [0.15, 0.2) is 0 Å². The third-order valence-corrected chi connectivity index (χ3v) is 4.21.